The molecule has 162 valence electrons. The third kappa shape index (κ3) is 5.00. The second kappa shape index (κ2) is 9.29. The van der Waals surface area contributed by atoms with Crippen LogP contribution in [0.25, 0.3) is 11.0 Å². The first-order valence-electron chi connectivity index (χ1n) is 9.75. The highest BCUT2D eigenvalue weighted by Crippen LogP contribution is 2.17. The summed E-state index contributed by atoms with van der Waals surface area (Å²) < 4.78 is 7.91. The van der Waals surface area contributed by atoms with Crippen LogP contribution in [0.3, 0.4) is 0 Å². The normalized spacial score (nSPS) is 10.7. The number of fused-ring (bicyclic) bond motifs is 1. The molecule has 0 fully saturated rings. The third-order valence-corrected chi connectivity index (χ3v) is 5.06. The molecule has 3 amide bonds. The molecule has 0 saturated carbocycles. The number of hydrogen-bond donors (Lipinski definition) is 2. The van der Waals surface area contributed by atoms with E-state index < -0.39 is 24.5 Å². The van der Waals surface area contributed by atoms with Gasteiger partial charge in [0, 0.05) is 19.3 Å². The van der Waals surface area contributed by atoms with Crippen molar-refractivity contribution in [1.29, 1.82) is 0 Å². The Morgan fingerprint density at radius 3 is 2.45 bits per heavy atom. The number of ether oxygens (including phenoxy) is 1. The number of urea groups is 1. The predicted octanol–water partition coefficient (Wildman–Crippen LogP) is 2.24. The van der Waals surface area contributed by atoms with Crippen molar-refractivity contribution in [2.24, 2.45) is 7.05 Å². The number of benzene rings is 2. The van der Waals surface area contributed by atoms with Crippen LogP contribution in [-0.4, -0.2) is 33.6 Å². The molecule has 31 heavy (non-hydrogen) atoms. The molecule has 2 N–H and O–H groups in total. The van der Waals surface area contributed by atoms with E-state index in [1.54, 1.807) is 25.2 Å². The van der Waals surface area contributed by atoms with Gasteiger partial charge in [0.05, 0.1) is 17.5 Å². The molecule has 0 saturated heterocycles. The Morgan fingerprint density at radius 2 is 1.71 bits per heavy atom. The minimum Gasteiger partial charge on any atom is -0.456 e. The molecule has 0 aliphatic heterocycles. The first kappa shape index (κ1) is 21.8. The van der Waals surface area contributed by atoms with Gasteiger partial charge in [0.1, 0.15) is 0 Å². The zero-order valence-electron chi connectivity index (χ0n) is 17.6. The summed E-state index contributed by atoms with van der Waals surface area (Å²) in [5, 5.41) is 4.71. The molecule has 1 aromatic heterocycles. The average Bonchev–Trinajstić information content (AvgIpc) is 2.98. The summed E-state index contributed by atoms with van der Waals surface area (Å²) in [6.07, 6.45) is -0.0874. The van der Waals surface area contributed by atoms with Crippen LogP contribution in [0.5, 0.6) is 0 Å². The first-order chi connectivity index (χ1) is 14.8. The van der Waals surface area contributed by atoms with Crippen molar-refractivity contribution in [3.8, 4) is 0 Å². The second-order valence-electron chi connectivity index (χ2n) is 7.14. The van der Waals surface area contributed by atoms with E-state index in [9.17, 15) is 19.2 Å². The average molecular weight is 424 g/mol. The van der Waals surface area contributed by atoms with Crippen LogP contribution in [-0.2, 0) is 27.9 Å². The minimum absolute atomic E-state index is 0.0874. The molecule has 0 atom stereocenters. The van der Waals surface area contributed by atoms with E-state index in [1.165, 1.54) is 9.13 Å². The molecule has 2 aromatic carbocycles. The van der Waals surface area contributed by atoms with Crippen LogP contribution in [0.4, 0.5) is 10.5 Å². The second-order valence-corrected chi connectivity index (χ2v) is 7.14. The van der Waals surface area contributed by atoms with Gasteiger partial charge in [-0.05, 0) is 43.2 Å². The fourth-order valence-electron chi connectivity index (χ4n) is 3.20. The Labute approximate surface area is 178 Å². The van der Waals surface area contributed by atoms with E-state index >= 15 is 0 Å². The molecule has 0 bridgehead atoms. The predicted molar refractivity (Wildman–Crippen MR) is 116 cm³/mol. The zero-order chi connectivity index (χ0) is 22.5. The standard InChI is InChI=1S/C22H24N4O5/c1-14-7-6-8-16(15(14)2)23-21(29)24-19(27)13-31-20(28)11-12-26-18-10-5-4-9-17(18)25(3)22(26)30/h4-10H,11-13H2,1-3H3,(H2,23,24,27,29). The van der Waals surface area contributed by atoms with Crippen molar-refractivity contribution >= 4 is 34.6 Å². The number of aromatic nitrogens is 2. The Morgan fingerprint density at radius 1 is 1.00 bits per heavy atom. The summed E-state index contributed by atoms with van der Waals surface area (Å²) in [6, 6.07) is 12.0. The molecule has 3 aromatic rings. The van der Waals surface area contributed by atoms with Crippen molar-refractivity contribution in [3.63, 3.8) is 0 Å². The van der Waals surface area contributed by atoms with Gasteiger partial charge < -0.3 is 10.1 Å². The smallest absolute Gasteiger partial charge is 0.328 e. The monoisotopic (exact) mass is 424 g/mol. The largest absolute Gasteiger partial charge is 0.456 e. The van der Waals surface area contributed by atoms with Crippen molar-refractivity contribution in [1.82, 2.24) is 14.5 Å². The fraction of sp³-hybridized carbons (Fsp3) is 0.273. The topological polar surface area (TPSA) is 111 Å². The summed E-state index contributed by atoms with van der Waals surface area (Å²) in [5.41, 5.74) is 3.71. The number of imidazole rings is 1. The molecule has 9 nitrogen and oxygen atoms in total. The van der Waals surface area contributed by atoms with Gasteiger partial charge in [-0.1, -0.05) is 24.3 Å². The Balaban J connectivity index is 1.48. The highest BCUT2D eigenvalue weighted by molar-refractivity contribution is 6.02. The summed E-state index contributed by atoms with van der Waals surface area (Å²) in [4.78, 5) is 48.2. The number of para-hydroxylation sites is 2. The number of anilines is 1. The van der Waals surface area contributed by atoms with E-state index in [1.807, 2.05) is 38.1 Å². The Bertz CT molecular complexity index is 1210. The first-order valence-corrected chi connectivity index (χ1v) is 9.75. The summed E-state index contributed by atoms with van der Waals surface area (Å²) in [6.45, 7) is 3.29. The van der Waals surface area contributed by atoms with Gasteiger partial charge in [-0.15, -0.1) is 0 Å². The number of esters is 1. The van der Waals surface area contributed by atoms with Gasteiger partial charge in [-0.2, -0.15) is 0 Å². The molecule has 0 aliphatic carbocycles. The lowest BCUT2D eigenvalue weighted by atomic mass is 10.1. The maximum absolute atomic E-state index is 12.3. The fourth-order valence-corrected chi connectivity index (χ4v) is 3.20. The van der Waals surface area contributed by atoms with Gasteiger partial charge in [-0.3, -0.25) is 24.0 Å². The van der Waals surface area contributed by atoms with E-state index in [0.29, 0.717) is 11.2 Å². The number of nitrogens with zero attached hydrogens (tertiary/aromatic N) is 2. The van der Waals surface area contributed by atoms with Crippen LogP contribution in [0.2, 0.25) is 0 Å². The van der Waals surface area contributed by atoms with Crippen molar-refractivity contribution < 1.29 is 19.1 Å². The molecule has 0 radical (unpaired) electrons. The molecule has 1 heterocycles. The van der Waals surface area contributed by atoms with Gasteiger partial charge >= 0.3 is 17.7 Å². The van der Waals surface area contributed by atoms with Gasteiger partial charge in [0.15, 0.2) is 6.61 Å². The van der Waals surface area contributed by atoms with Crippen LogP contribution in [0, 0.1) is 13.8 Å². The number of rotatable bonds is 6. The lowest BCUT2D eigenvalue weighted by Crippen LogP contribution is -2.37. The van der Waals surface area contributed by atoms with Gasteiger partial charge in [0.2, 0.25) is 0 Å². The number of nitrogens with one attached hydrogen (secondary N) is 2. The van der Waals surface area contributed by atoms with Crippen LogP contribution >= 0.6 is 0 Å². The summed E-state index contributed by atoms with van der Waals surface area (Å²) in [7, 11) is 1.66. The van der Waals surface area contributed by atoms with Crippen LogP contribution < -0.4 is 16.3 Å². The highest BCUT2D eigenvalue weighted by atomic mass is 16.5. The number of carbonyl (C=O) groups excluding carboxylic acids is 3. The Hall–Kier alpha value is -3.88. The molecule has 0 spiro atoms. The summed E-state index contributed by atoms with van der Waals surface area (Å²) >= 11 is 0. The number of amides is 3. The lowest BCUT2D eigenvalue weighted by Gasteiger charge is -2.11. The van der Waals surface area contributed by atoms with E-state index in [4.69, 9.17) is 4.74 Å². The van der Waals surface area contributed by atoms with E-state index in [-0.39, 0.29) is 18.7 Å². The quantitative estimate of drug-likeness (QED) is 0.590. The summed E-state index contributed by atoms with van der Waals surface area (Å²) in [5.74, 6) is -1.40. The van der Waals surface area contributed by atoms with Crippen LogP contribution in [0.1, 0.15) is 17.5 Å². The van der Waals surface area contributed by atoms with E-state index in [2.05, 4.69) is 10.6 Å². The molecule has 9 heteroatoms. The number of carbonyl (C=O) groups is 3. The minimum atomic E-state index is -0.751. The zero-order valence-corrected chi connectivity index (χ0v) is 17.6. The van der Waals surface area contributed by atoms with Crippen molar-refractivity contribution in [2.75, 3.05) is 11.9 Å². The van der Waals surface area contributed by atoms with Crippen LogP contribution in [0.15, 0.2) is 47.3 Å². The number of hydrogen-bond acceptors (Lipinski definition) is 5. The van der Waals surface area contributed by atoms with Crippen molar-refractivity contribution in [2.45, 2.75) is 26.8 Å². The van der Waals surface area contributed by atoms with Crippen molar-refractivity contribution in [3.05, 3.63) is 64.1 Å². The molecule has 0 unspecified atom stereocenters. The maximum atomic E-state index is 12.3. The SMILES string of the molecule is Cc1cccc(NC(=O)NC(=O)COC(=O)CCn2c(=O)n(C)c3ccccc32)c1C. The number of imide groups is 1. The highest BCUT2D eigenvalue weighted by Gasteiger charge is 2.14. The van der Waals surface area contributed by atoms with Gasteiger partial charge in [-0.25, -0.2) is 9.59 Å². The molecular formula is C22H24N4O5. The van der Waals surface area contributed by atoms with E-state index in [0.717, 1.165) is 16.6 Å². The Kier molecular flexibility index (Phi) is 6.54. The molecular weight excluding hydrogens is 400 g/mol. The lowest BCUT2D eigenvalue weighted by molar-refractivity contribution is -0.148. The maximum Gasteiger partial charge on any atom is 0.328 e. The molecule has 3 rings (SSSR count). The molecule has 0 aliphatic rings. The third-order valence-electron chi connectivity index (χ3n) is 5.06. The number of aryl methyl sites for hydroxylation is 3. The van der Waals surface area contributed by atoms with Gasteiger partial charge in [0.25, 0.3) is 5.91 Å².